The summed E-state index contributed by atoms with van der Waals surface area (Å²) >= 11 is 0. The number of carbonyl (C=O) groups is 2. The van der Waals surface area contributed by atoms with Gasteiger partial charge in [-0.1, -0.05) is 18.2 Å². The molecule has 0 saturated heterocycles. The van der Waals surface area contributed by atoms with Gasteiger partial charge in [0.1, 0.15) is 19.0 Å². The minimum absolute atomic E-state index is 0.111. The Labute approximate surface area is 182 Å². The molecule has 0 radical (unpaired) electrons. The average molecular weight is 431 g/mol. The van der Waals surface area contributed by atoms with Gasteiger partial charge in [0, 0.05) is 12.6 Å². The zero-order chi connectivity index (χ0) is 22.2. The molecule has 0 unspecified atom stereocenters. The number of esters is 1. The van der Waals surface area contributed by atoms with Crippen molar-refractivity contribution in [3.8, 4) is 5.75 Å². The molecule has 0 spiro atoms. The van der Waals surface area contributed by atoms with Crippen molar-refractivity contribution in [1.29, 1.82) is 0 Å². The summed E-state index contributed by atoms with van der Waals surface area (Å²) in [6.07, 6.45) is 0. The Hall–Kier alpha value is -2.94. The first kappa shape index (κ1) is 24.3. The van der Waals surface area contributed by atoms with Gasteiger partial charge in [-0.2, -0.15) is 0 Å². The van der Waals surface area contributed by atoms with Crippen molar-refractivity contribution in [3.05, 3.63) is 60.2 Å². The lowest BCUT2D eigenvalue weighted by Crippen LogP contribution is -2.15. The maximum absolute atomic E-state index is 11.7. The van der Waals surface area contributed by atoms with E-state index in [0.29, 0.717) is 57.6 Å². The van der Waals surface area contributed by atoms with Gasteiger partial charge < -0.3 is 29.0 Å². The number of hydrogen-bond donors (Lipinski definition) is 1. The molecule has 0 bridgehead atoms. The fourth-order valence-corrected chi connectivity index (χ4v) is 2.45. The highest BCUT2D eigenvalue weighted by molar-refractivity contribution is 5.89. The van der Waals surface area contributed by atoms with Crippen molar-refractivity contribution >= 4 is 17.6 Å². The van der Waals surface area contributed by atoms with Crippen molar-refractivity contribution in [2.24, 2.45) is 0 Å². The fourth-order valence-electron chi connectivity index (χ4n) is 2.45. The van der Waals surface area contributed by atoms with Crippen LogP contribution in [-0.2, 0) is 23.7 Å². The molecule has 2 aromatic rings. The molecule has 8 heteroatoms. The number of benzene rings is 2. The molecule has 168 valence electrons. The number of ether oxygens (including phenoxy) is 5. The van der Waals surface area contributed by atoms with Crippen LogP contribution < -0.4 is 10.1 Å². The first-order valence-electron chi connectivity index (χ1n) is 10.1. The van der Waals surface area contributed by atoms with Gasteiger partial charge in [0.15, 0.2) is 0 Å². The van der Waals surface area contributed by atoms with E-state index < -0.39 is 0 Å². The molecule has 0 heterocycles. The zero-order valence-corrected chi connectivity index (χ0v) is 17.7. The predicted molar refractivity (Wildman–Crippen MR) is 115 cm³/mol. The summed E-state index contributed by atoms with van der Waals surface area (Å²) in [4.78, 5) is 22.7. The first-order valence-corrected chi connectivity index (χ1v) is 10.1. The van der Waals surface area contributed by atoms with Crippen LogP contribution in [0.25, 0.3) is 0 Å². The number of anilines is 1. The molecule has 8 nitrogen and oxygen atoms in total. The van der Waals surface area contributed by atoms with Gasteiger partial charge >= 0.3 is 5.97 Å². The summed E-state index contributed by atoms with van der Waals surface area (Å²) in [5.41, 5.74) is 1.25. The lowest BCUT2D eigenvalue weighted by atomic mass is 10.2. The smallest absolute Gasteiger partial charge is 0.338 e. The van der Waals surface area contributed by atoms with Gasteiger partial charge in [-0.15, -0.1) is 0 Å². The third-order valence-corrected chi connectivity index (χ3v) is 3.89. The highest BCUT2D eigenvalue weighted by Crippen LogP contribution is 2.15. The maximum Gasteiger partial charge on any atom is 0.338 e. The number of hydrogen-bond acceptors (Lipinski definition) is 7. The molecule has 0 atom stereocenters. The third-order valence-electron chi connectivity index (χ3n) is 3.89. The summed E-state index contributed by atoms with van der Waals surface area (Å²) in [5, 5.41) is 2.70. The summed E-state index contributed by atoms with van der Waals surface area (Å²) < 4.78 is 26.9. The third kappa shape index (κ3) is 11.1. The molecule has 31 heavy (non-hydrogen) atoms. The highest BCUT2D eigenvalue weighted by Gasteiger charge is 2.05. The Balaban J connectivity index is 1.36. The van der Waals surface area contributed by atoms with Crippen LogP contribution in [-0.4, -0.2) is 64.7 Å². The number of amides is 1. The molecule has 1 amide bonds. The molecule has 0 aliphatic carbocycles. The molecule has 2 rings (SSSR count). The number of nitrogens with one attached hydrogen (secondary N) is 1. The maximum atomic E-state index is 11.7. The van der Waals surface area contributed by atoms with Crippen LogP contribution in [0.2, 0.25) is 0 Å². The summed E-state index contributed by atoms with van der Waals surface area (Å²) in [6.45, 7) is 4.62. The van der Waals surface area contributed by atoms with E-state index in [0.717, 1.165) is 5.69 Å². The largest absolute Gasteiger partial charge is 0.491 e. The minimum atomic E-state index is -0.358. The highest BCUT2D eigenvalue weighted by atomic mass is 16.6. The van der Waals surface area contributed by atoms with Crippen LogP contribution in [0, 0.1) is 0 Å². The normalized spacial score (nSPS) is 10.5. The Morgan fingerprint density at radius 1 is 0.710 bits per heavy atom. The Bertz CT molecular complexity index is 765. The topological polar surface area (TPSA) is 92.3 Å². The van der Waals surface area contributed by atoms with Gasteiger partial charge in [-0.25, -0.2) is 4.79 Å². The second-order valence-corrected chi connectivity index (χ2v) is 6.39. The van der Waals surface area contributed by atoms with Crippen LogP contribution >= 0.6 is 0 Å². The molecule has 1 N–H and O–H groups in total. The molecule has 0 fully saturated rings. The minimum Gasteiger partial charge on any atom is -0.491 e. The quantitative estimate of drug-likeness (QED) is 0.342. The fraction of sp³-hybridized carbons (Fsp3) is 0.391. The van der Waals surface area contributed by atoms with Crippen LogP contribution in [0.4, 0.5) is 5.69 Å². The van der Waals surface area contributed by atoms with Gasteiger partial charge in [0.2, 0.25) is 5.91 Å². The van der Waals surface area contributed by atoms with Crippen molar-refractivity contribution in [2.75, 3.05) is 58.2 Å². The van der Waals surface area contributed by atoms with Crippen LogP contribution in [0.5, 0.6) is 5.75 Å². The van der Waals surface area contributed by atoms with Gasteiger partial charge in [-0.3, -0.25) is 4.79 Å². The van der Waals surface area contributed by atoms with Crippen LogP contribution in [0.3, 0.4) is 0 Å². The van der Waals surface area contributed by atoms with E-state index >= 15 is 0 Å². The number of carbonyl (C=O) groups excluding carboxylic acids is 2. The first-order chi connectivity index (χ1) is 15.1. The van der Waals surface area contributed by atoms with Crippen LogP contribution in [0.1, 0.15) is 17.3 Å². The summed E-state index contributed by atoms with van der Waals surface area (Å²) in [5.74, 6) is 0.240. The molecular formula is C23H29NO7. The SMILES string of the molecule is CC(=O)Nc1ccc(OCCOCCOCCOCCOC(=O)c2ccccc2)cc1. The number of rotatable bonds is 15. The van der Waals surface area contributed by atoms with Crippen LogP contribution in [0.15, 0.2) is 54.6 Å². The van der Waals surface area contributed by atoms with Crippen molar-refractivity contribution in [1.82, 2.24) is 0 Å². The Morgan fingerprint density at radius 2 is 1.26 bits per heavy atom. The summed E-state index contributed by atoms with van der Waals surface area (Å²) in [6, 6.07) is 16.0. The standard InChI is InChI=1S/C23H29NO7/c1-19(25)24-21-7-9-22(10-8-21)30-17-15-28-13-11-27-12-14-29-16-18-31-23(26)20-5-3-2-4-6-20/h2-10H,11-18H2,1H3,(H,24,25). The average Bonchev–Trinajstić information content (AvgIpc) is 2.78. The van der Waals surface area contributed by atoms with E-state index in [-0.39, 0.29) is 18.5 Å². The molecule has 0 saturated carbocycles. The zero-order valence-electron chi connectivity index (χ0n) is 17.7. The second-order valence-electron chi connectivity index (χ2n) is 6.39. The Kier molecular flexibility index (Phi) is 11.7. The predicted octanol–water partition coefficient (Wildman–Crippen LogP) is 2.93. The molecular weight excluding hydrogens is 402 g/mol. The lowest BCUT2D eigenvalue weighted by Gasteiger charge is -2.09. The van der Waals surface area contributed by atoms with Gasteiger partial charge in [0.25, 0.3) is 0 Å². The molecule has 2 aromatic carbocycles. The molecule has 0 aliphatic rings. The van der Waals surface area contributed by atoms with E-state index in [9.17, 15) is 9.59 Å². The van der Waals surface area contributed by atoms with Crippen molar-refractivity contribution < 1.29 is 33.3 Å². The van der Waals surface area contributed by atoms with Crippen molar-refractivity contribution in [3.63, 3.8) is 0 Å². The Morgan fingerprint density at radius 3 is 1.84 bits per heavy atom. The van der Waals surface area contributed by atoms with E-state index in [1.807, 2.05) is 6.07 Å². The molecule has 0 aromatic heterocycles. The van der Waals surface area contributed by atoms with Crippen molar-refractivity contribution in [2.45, 2.75) is 6.92 Å². The summed E-state index contributed by atoms with van der Waals surface area (Å²) in [7, 11) is 0. The van der Waals surface area contributed by atoms with E-state index in [1.165, 1.54) is 6.92 Å². The van der Waals surface area contributed by atoms with E-state index in [4.69, 9.17) is 23.7 Å². The lowest BCUT2D eigenvalue weighted by molar-refractivity contribution is -0.114. The second kappa shape index (κ2) is 15.0. The van der Waals surface area contributed by atoms with E-state index in [1.54, 1.807) is 48.5 Å². The monoisotopic (exact) mass is 431 g/mol. The van der Waals surface area contributed by atoms with Gasteiger partial charge in [-0.05, 0) is 36.4 Å². The van der Waals surface area contributed by atoms with E-state index in [2.05, 4.69) is 5.32 Å². The molecule has 0 aliphatic heterocycles. The van der Waals surface area contributed by atoms with Gasteiger partial charge in [0.05, 0.1) is 45.2 Å².